The van der Waals surface area contributed by atoms with E-state index >= 15 is 0 Å². The third-order valence-corrected chi connectivity index (χ3v) is 2.93. The average molecular weight is 272 g/mol. The summed E-state index contributed by atoms with van der Waals surface area (Å²) in [4.78, 5) is 23.8. The second-order valence-corrected chi connectivity index (χ2v) is 4.15. The molecule has 0 aliphatic rings. The first-order chi connectivity index (χ1) is 9.56. The zero-order chi connectivity index (χ0) is 14.3. The molecule has 0 saturated carbocycles. The van der Waals surface area contributed by atoms with Gasteiger partial charge in [-0.05, 0) is 18.2 Å². The molecule has 0 amide bonds. The monoisotopic (exact) mass is 272 g/mol. The smallest absolute Gasteiger partial charge is 0.352 e. The Morgan fingerprint density at radius 3 is 2.75 bits per heavy atom. The number of carboxylic acids is 1. The number of nitrogens with one attached hydrogen (secondary N) is 2. The van der Waals surface area contributed by atoms with E-state index in [1.54, 1.807) is 12.1 Å². The van der Waals surface area contributed by atoms with Gasteiger partial charge in [0.05, 0.1) is 16.1 Å². The van der Waals surface area contributed by atoms with Crippen LogP contribution >= 0.6 is 0 Å². The lowest BCUT2D eigenvalue weighted by Crippen LogP contribution is -1.95. The van der Waals surface area contributed by atoms with E-state index in [1.807, 2.05) is 0 Å². The van der Waals surface area contributed by atoms with E-state index in [-0.39, 0.29) is 11.4 Å². The van der Waals surface area contributed by atoms with Gasteiger partial charge in [0, 0.05) is 17.5 Å². The van der Waals surface area contributed by atoms with Crippen LogP contribution in [0, 0.1) is 10.1 Å². The van der Waals surface area contributed by atoms with E-state index < -0.39 is 10.9 Å². The van der Waals surface area contributed by atoms with Crippen LogP contribution in [0.2, 0.25) is 0 Å². The standard InChI is InChI=1S/C12H8N4O4/c17-12(18)9-4-3-8(13-9)11-7-2-1-6(16(19)20)5-10(7)14-15-11/h1-5,13H,(H,14,15)(H,17,18). The summed E-state index contributed by atoms with van der Waals surface area (Å²) in [7, 11) is 0. The minimum Gasteiger partial charge on any atom is -0.477 e. The fraction of sp³-hybridized carbons (Fsp3) is 0. The Hall–Kier alpha value is -3.16. The van der Waals surface area contributed by atoms with Crippen LogP contribution < -0.4 is 0 Å². The molecule has 3 aromatic rings. The van der Waals surface area contributed by atoms with Gasteiger partial charge >= 0.3 is 5.97 Å². The lowest BCUT2D eigenvalue weighted by atomic mass is 10.1. The van der Waals surface area contributed by atoms with Gasteiger partial charge in [-0.15, -0.1) is 0 Å². The highest BCUT2D eigenvalue weighted by Crippen LogP contribution is 2.28. The number of non-ortho nitro benzene ring substituents is 1. The lowest BCUT2D eigenvalue weighted by Gasteiger charge is -1.94. The molecular weight excluding hydrogens is 264 g/mol. The number of benzene rings is 1. The van der Waals surface area contributed by atoms with E-state index in [0.717, 1.165) is 0 Å². The third-order valence-electron chi connectivity index (χ3n) is 2.93. The first-order valence-electron chi connectivity index (χ1n) is 5.61. The molecule has 0 saturated heterocycles. The number of hydrogen-bond acceptors (Lipinski definition) is 4. The molecule has 3 N–H and O–H groups in total. The Labute approximate surface area is 111 Å². The molecule has 0 atom stereocenters. The van der Waals surface area contributed by atoms with E-state index in [4.69, 9.17) is 5.11 Å². The number of rotatable bonds is 3. The van der Waals surface area contributed by atoms with Crippen molar-refractivity contribution < 1.29 is 14.8 Å². The molecule has 2 aromatic heterocycles. The van der Waals surface area contributed by atoms with Crippen LogP contribution in [0.5, 0.6) is 0 Å². The van der Waals surface area contributed by atoms with Crippen molar-refractivity contribution in [1.29, 1.82) is 0 Å². The normalized spacial score (nSPS) is 10.8. The summed E-state index contributed by atoms with van der Waals surface area (Å²) < 4.78 is 0. The topological polar surface area (TPSA) is 125 Å². The Morgan fingerprint density at radius 2 is 2.10 bits per heavy atom. The zero-order valence-electron chi connectivity index (χ0n) is 9.95. The molecule has 1 aromatic carbocycles. The number of aromatic carboxylic acids is 1. The van der Waals surface area contributed by atoms with Crippen LogP contribution in [0.1, 0.15) is 10.5 Å². The number of nitro benzene ring substituents is 1. The number of nitrogens with zero attached hydrogens (tertiary/aromatic N) is 2. The van der Waals surface area contributed by atoms with Gasteiger partial charge < -0.3 is 10.1 Å². The summed E-state index contributed by atoms with van der Waals surface area (Å²) in [6, 6.07) is 7.37. The van der Waals surface area contributed by atoms with Crippen molar-refractivity contribution in [2.24, 2.45) is 0 Å². The molecule has 20 heavy (non-hydrogen) atoms. The molecule has 0 aliphatic heterocycles. The fourth-order valence-electron chi connectivity index (χ4n) is 1.98. The van der Waals surface area contributed by atoms with Gasteiger partial charge in [-0.1, -0.05) is 0 Å². The molecule has 3 rings (SSSR count). The Morgan fingerprint density at radius 1 is 1.30 bits per heavy atom. The predicted octanol–water partition coefficient (Wildman–Crippen LogP) is 2.16. The maximum absolute atomic E-state index is 10.8. The number of hydrogen-bond donors (Lipinski definition) is 3. The first-order valence-corrected chi connectivity index (χ1v) is 5.61. The minimum atomic E-state index is -1.06. The van der Waals surface area contributed by atoms with E-state index in [0.29, 0.717) is 22.3 Å². The van der Waals surface area contributed by atoms with Gasteiger partial charge in [0.2, 0.25) is 0 Å². The lowest BCUT2D eigenvalue weighted by molar-refractivity contribution is -0.384. The Kier molecular flexibility index (Phi) is 2.50. The van der Waals surface area contributed by atoms with Crippen LogP contribution in [0.25, 0.3) is 22.3 Å². The summed E-state index contributed by atoms with van der Waals surface area (Å²) in [5, 5.41) is 27.0. The molecule has 0 unspecified atom stereocenters. The molecule has 0 spiro atoms. The summed E-state index contributed by atoms with van der Waals surface area (Å²) >= 11 is 0. The number of carboxylic acid groups (broad SMARTS) is 1. The Balaban J connectivity index is 2.12. The number of fused-ring (bicyclic) bond motifs is 1. The third kappa shape index (κ3) is 1.79. The van der Waals surface area contributed by atoms with Crippen LogP contribution in [-0.2, 0) is 0 Å². The minimum absolute atomic E-state index is 0.0367. The Bertz CT molecular complexity index is 833. The molecule has 2 heterocycles. The highest BCUT2D eigenvalue weighted by atomic mass is 16.6. The SMILES string of the molecule is O=C(O)c1ccc(-c2n[nH]c3cc([N+](=O)[O-])ccc23)[nH]1. The van der Waals surface area contributed by atoms with Crippen molar-refractivity contribution in [3.8, 4) is 11.4 Å². The zero-order valence-corrected chi connectivity index (χ0v) is 9.95. The number of aromatic amines is 2. The highest BCUT2D eigenvalue weighted by Gasteiger charge is 2.15. The first kappa shape index (κ1) is 11.9. The summed E-state index contributed by atoms with van der Waals surface area (Å²) in [5.41, 5.74) is 1.58. The van der Waals surface area contributed by atoms with E-state index in [2.05, 4.69) is 15.2 Å². The molecular formula is C12H8N4O4. The van der Waals surface area contributed by atoms with Gasteiger partial charge in [0.25, 0.3) is 5.69 Å². The van der Waals surface area contributed by atoms with Gasteiger partial charge in [-0.3, -0.25) is 15.2 Å². The summed E-state index contributed by atoms with van der Waals surface area (Å²) in [6.07, 6.45) is 0. The maximum atomic E-state index is 10.8. The average Bonchev–Trinajstić information content (AvgIpc) is 3.03. The molecule has 0 aliphatic carbocycles. The molecule has 0 radical (unpaired) electrons. The quantitative estimate of drug-likeness (QED) is 0.497. The van der Waals surface area contributed by atoms with Gasteiger partial charge in [0.1, 0.15) is 11.4 Å². The van der Waals surface area contributed by atoms with E-state index in [9.17, 15) is 14.9 Å². The molecule has 0 bridgehead atoms. The van der Waals surface area contributed by atoms with Gasteiger partial charge in [-0.2, -0.15) is 5.10 Å². The van der Waals surface area contributed by atoms with Gasteiger partial charge in [0.15, 0.2) is 0 Å². The molecule has 8 nitrogen and oxygen atoms in total. The van der Waals surface area contributed by atoms with Gasteiger partial charge in [-0.25, -0.2) is 4.79 Å². The van der Waals surface area contributed by atoms with Crippen molar-refractivity contribution in [2.75, 3.05) is 0 Å². The fourth-order valence-corrected chi connectivity index (χ4v) is 1.98. The second-order valence-electron chi connectivity index (χ2n) is 4.15. The molecule has 8 heteroatoms. The molecule has 100 valence electrons. The van der Waals surface area contributed by atoms with Crippen LogP contribution in [0.4, 0.5) is 5.69 Å². The number of carbonyl (C=O) groups is 1. The van der Waals surface area contributed by atoms with Crippen LogP contribution in [0.15, 0.2) is 30.3 Å². The van der Waals surface area contributed by atoms with Crippen molar-refractivity contribution in [3.63, 3.8) is 0 Å². The maximum Gasteiger partial charge on any atom is 0.352 e. The van der Waals surface area contributed by atoms with Crippen molar-refractivity contribution in [3.05, 3.63) is 46.1 Å². The van der Waals surface area contributed by atoms with Crippen LogP contribution in [-0.4, -0.2) is 31.2 Å². The molecule has 0 fully saturated rings. The van der Waals surface area contributed by atoms with E-state index in [1.165, 1.54) is 18.2 Å². The summed E-state index contributed by atoms with van der Waals surface area (Å²) in [6.45, 7) is 0. The summed E-state index contributed by atoms with van der Waals surface area (Å²) in [5.74, 6) is -1.06. The highest BCUT2D eigenvalue weighted by molar-refractivity contribution is 5.94. The predicted molar refractivity (Wildman–Crippen MR) is 69.5 cm³/mol. The number of H-pyrrole nitrogens is 2. The van der Waals surface area contributed by atoms with Crippen molar-refractivity contribution >= 4 is 22.6 Å². The van der Waals surface area contributed by atoms with Crippen molar-refractivity contribution in [1.82, 2.24) is 15.2 Å². The number of nitro groups is 1. The van der Waals surface area contributed by atoms with Crippen LogP contribution in [0.3, 0.4) is 0 Å². The van der Waals surface area contributed by atoms with Crippen molar-refractivity contribution in [2.45, 2.75) is 0 Å². The second kappa shape index (κ2) is 4.19. The largest absolute Gasteiger partial charge is 0.477 e. The number of aromatic nitrogens is 3.